The van der Waals surface area contributed by atoms with Crippen LogP contribution < -0.4 is 5.73 Å². The summed E-state index contributed by atoms with van der Waals surface area (Å²) >= 11 is 1.79. The van der Waals surface area contributed by atoms with Gasteiger partial charge in [0.25, 0.3) is 0 Å². The van der Waals surface area contributed by atoms with Crippen molar-refractivity contribution in [3.8, 4) is 11.1 Å². The third-order valence-electron chi connectivity index (χ3n) is 3.02. The lowest BCUT2D eigenvalue weighted by Crippen LogP contribution is -1.88. The van der Waals surface area contributed by atoms with Gasteiger partial charge >= 0.3 is 0 Å². The zero-order chi connectivity index (χ0) is 11.8. The largest absolute Gasteiger partial charge is 0.399 e. The molecule has 0 bridgehead atoms. The molecule has 2 heteroatoms. The fourth-order valence-corrected chi connectivity index (χ4v) is 3.12. The molecule has 0 atom stereocenters. The molecule has 0 radical (unpaired) electrons. The lowest BCUT2D eigenvalue weighted by molar-refractivity contribution is 1.47. The molecule has 0 aliphatic carbocycles. The van der Waals surface area contributed by atoms with Gasteiger partial charge in [-0.25, -0.2) is 0 Å². The normalized spacial score (nSPS) is 10.9. The van der Waals surface area contributed by atoms with Crippen molar-refractivity contribution in [1.29, 1.82) is 0 Å². The minimum atomic E-state index is 0.824. The first-order valence-electron chi connectivity index (χ1n) is 5.58. The summed E-state index contributed by atoms with van der Waals surface area (Å²) in [6.45, 7) is 2.11. The SMILES string of the molecule is Cc1cc(N)ccc1-c1cccc2ccsc12. The van der Waals surface area contributed by atoms with Gasteiger partial charge in [-0.2, -0.15) is 0 Å². The third kappa shape index (κ3) is 1.71. The Morgan fingerprint density at radius 1 is 1.00 bits per heavy atom. The van der Waals surface area contributed by atoms with Crippen LogP contribution in [-0.4, -0.2) is 0 Å². The Kier molecular flexibility index (Phi) is 2.37. The van der Waals surface area contributed by atoms with Gasteiger partial charge in [0.1, 0.15) is 0 Å². The maximum Gasteiger partial charge on any atom is 0.0421 e. The van der Waals surface area contributed by atoms with Gasteiger partial charge in [0.2, 0.25) is 0 Å². The molecule has 0 saturated heterocycles. The molecule has 0 aliphatic heterocycles. The highest BCUT2D eigenvalue weighted by molar-refractivity contribution is 7.17. The summed E-state index contributed by atoms with van der Waals surface area (Å²) in [5.41, 5.74) is 10.4. The summed E-state index contributed by atoms with van der Waals surface area (Å²) in [4.78, 5) is 0. The van der Waals surface area contributed by atoms with Gasteiger partial charge in [-0.1, -0.05) is 24.3 Å². The molecule has 0 saturated carbocycles. The Balaban J connectivity index is 2.30. The van der Waals surface area contributed by atoms with Crippen molar-refractivity contribution < 1.29 is 0 Å². The average molecular weight is 239 g/mol. The molecule has 1 aromatic heterocycles. The van der Waals surface area contributed by atoms with Crippen LogP contribution in [0.15, 0.2) is 47.8 Å². The molecule has 84 valence electrons. The standard InChI is InChI=1S/C15H13NS/c1-10-9-12(16)5-6-13(10)14-4-2-3-11-7-8-17-15(11)14/h2-9H,16H2,1H3. The fourth-order valence-electron chi connectivity index (χ4n) is 2.19. The number of nitrogens with two attached hydrogens (primary N) is 1. The van der Waals surface area contributed by atoms with Crippen LogP contribution in [0.1, 0.15) is 5.56 Å². The molecule has 0 spiro atoms. The lowest BCUT2D eigenvalue weighted by Gasteiger charge is -2.08. The molecule has 17 heavy (non-hydrogen) atoms. The molecule has 0 amide bonds. The number of anilines is 1. The van der Waals surface area contributed by atoms with Gasteiger partial charge in [-0.3, -0.25) is 0 Å². The summed E-state index contributed by atoms with van der Waals surface area (Å²) < 4.78 is 1.35. The molecule has 3 rings (SSSR count). The number of thiophene rings is 1. The number of benzene rings is 2. The van der Waals surface area contributed by atoms with Crippen molar-refractivity contribution in [3.63, 3.8) is 0 Å². The predicted molar refractivity (Wildman–Crippen MR) is 76.4 cm³/mol. The summed E-state index contributed by atoms with van der Waals surface area (Å²) in [7, 11) is 0. The van der Waals surface area contributed by atoms with Crippen LogP contribution in [-0.2, 0) is 0 Å². The van der Waals surface area contributed by atoms with Crippen molar-refractivity contribution in [2.75, 3.05) is 5.73 Å². The molecular weight excluding hydrogens is 226 g/mol. The van der Waals surface area contributed by atoms with Crippen molar-refractivity contribution in [2.24, 2.45) is 0 Å². The molecule has 1 nitrogen and oxygen atoms in total. The van der Waals surface area contributed by atoms with Crippen LogP contribution in [0.5, 0.6) is 0 Å². The summed E-state index contributed by atoms with van der Waals surface area (Å²) in [6.07, 6.45) is 0. The van der Waals surface area contributed by atoms with E-state index in [2.05, 4.69) is 42.6 Å². The Bertz CT molecular complexity index is 682. The Hall–Kier alpha value is -1.80. The van der Waals surface area contributed by atoms with Gasteiger partial charge in [0, 0.05) is 10.4 Å². The third-order valence-corrected chi connectivity index (χ3v) is 3.98. The molecule has 2 N–H and O–H groups in total. The molecule has 3 aromatic rings. The van der Waals surface area contributed by atoms with Crippen LogP contribution in [0.3, 0.4) is 0 Å². The number of hydrogen-bond acceptors (Lipinski definition) is 2. The van der Waals surface area contributed by atoms with E-state index in [1.54, 1.807) is 11.3 Å². The summed E-state index contributed by atoms with van der Waals surface area (Å²) in [5, 5.41) is 3.45. The van der Waals surface area contributed by atoms with Crippen LogP contribution in [0.25, 0.3) is 21.2 Å². The number of aryl methyl sites for hydroxylation is 1. The second kappa shape index (κ2) is 3.90. The van der Waals surface area contributed by atoms with Crippen molar-refractivity contribution >= 4 is 27.1 Å². The minimum absolute atomic E-state index is 0.824. The highest BCUT2D eigenvalue weighted by atomic mass is 32.1. The van der Waals surface area contributed by atoms with Crippen LogP contribution >= 0.6 is 11.3 Å². The van der Waals surface area contributed by atoms with E-state index in [0.29, 0.717) is 0 Å². The summed E-state index contributed by atoms with van der Waals surface area (Å²) in [5.74, 6) is 0. The molecule has 0 aliphatic rings. The van der Waals surface area contributed by atoms with Crippen LogP contribution in [0.2, 0.25) is 0 Å². The van der Waals surface area contributed by atoms with Crippen LogP contribution in [0.4, 0.5) is 5.69 Å². The molecule has 0 unspecified atom stereocenters. The van der Waals surface area contributed by atoms with E-state index in [4.69, 9.17) is 5.73 Å². The van der Waals surface area contributed by atoms with E-state index in [9.17, 15) is 0 Å². The van der Waals surface area contributed by atoms with Gasteiger partial charge in [-0.15, -0.1) is 11.3 Å². The summed E-state index contributed by atoms with van der Waals surface area (Å²) in [6, 6.07) is 14.7. The molecule has 0 fully saturated rings. The maximum absolute atomic E-state index is 5.80. The number of fused-ring (bicyclic) bond motifs is 1. The fraction of sp³-hybridized carbons (Fsp3) is 0.0667. The van der Waals surface area contributed by atoms with E-state index in [0.717, 1.165) is 5.69 Å². The smallest absolute Gasteiger partial charge is 0.0421 e. The second-order valence-electron chi connectivity index (χ2n) is 4.22. The van der Waals surface area contributed by atoms with Gasteiger partial charge in [0.15, 0.2) is 0 Å². The van der Waals surface area contributed by atoms with Crippen molar-refractivity contribution in [1.82, 2.24) is 0 Å². The number of rotatable bonds is 1. The molecule has 1 heterocycles. The minimum Gasteiger partial charge on any atom is -0.399 e. The zero-order valence-electron chi connectivity index (χ0n) is 9.60. The first-order valence-corrected chi connectivity index (χ1v) is 6.46. The second-order valence-corrected chi connectivity index (χ2v) is 5.13. The van der Waals surface area contributed by atoms with Gasteiger partial charge < -0.3 is 5.73 Å². The van der Waals surface area contributed by atoms with Crippen LogP contribution in [0, 0.1) is 6.92 Å². The lowest BCUT2D eigenvalue weighted by atomic mass is 9.99. The average Bonchev–Trinajstić information content (AvgIpc) is 2.77. The van der Waals surface area contributed by atoms with E-state index in [-0.39, 0.29) is 0 Å². The number of nitrogen functional groups attached to an aromatic ring is 1. The zero-order valence-corrected chi connectivity index (χ0v) is 10.4. The van der Waals surface area contributed by atoms with Gasteiger partial charge in [-0.05, 0) is 52.6 Å². The first kappa shape index (κ1) is 10.4. The highest BCUT2D eigenvalue weighted by Crippen LogP contribution is 2.34. The first-order chi connectivity index (χ1) is 8.25. The predicted octanol–water partition coefficient (Wildman–Crippen LogP) is 4.46. The Morgan fingerprint density at radius 3 is 2.71 bits per heavy atom. The monoisotopic (exact) mass is 239 g/mol. The Morgan fingerprint density at radius 2 is 1.88 bits per heavy atom. The topological polar surface area (TPSA) is 26.0 Å². The highest BCUT2D eigenvalue weighted by Gasteiger charge is 2.07. The quantitative estimate of drug-likeness (QED) is 0.623. The van der Waals surface area contributed by atoms with E-state index >= 15 is 0 Å². The van der Waals surface area contributed by atoms with Crippen molar-refractivity contribution in [3.05, 3.63) is 53.4 Å². The van der Waals surface area contributed by atoms with E-state index < -0.39 is 0 Å². The van der Waals surface area contributed by atoms with E-state index in [1.807, 2.05) is 12.1 Å². The van der Waals surface area contributed by atoms with E-state index in [1.165, 1.54) is 26.8 Å². The molecular formula is C15H13NS. The number of hydrogen-bond donors (Lipinski definition) is 1. The molecule has 2 aromatic carbocycles. The Labute approximate surface area is 105 Å². The van der Waals surface area contributed by atoms with Gasteiger partial charge in [0.05, 0.1) is 0 Å². The maximum atomic E-state index is 5.80. The van der Waals surface area contributed by atoms with Crippen molar-refractivity contribution in [2.45, 2.75) is 6.92 Å².